The average Bonchev–Trinajstić information content (AvgIpc) is 2.71. The molecule has 1 amide bonds. The maximum Gasteiger partial charge on any atom is 0.223 e. The minimum Gasteiger partial charge on any atom is -0.441 e. The Labute approximate surface area is 111 Å². The van der Waals surface area contributed by atoms with E-state index in [4.69, 9.17) is 10.2 Å². The van der Waals surface area contributed by atoms with Crippen molar-refractivity contribution in [2.45, 2.75) is 32.4 Å². The van der Waals surface area contributed by atoms with Crippen LogP contribution in [0, 0.1) is 12.8 Å². The van der Waals surface area contributed by atoms with Gasteiger partial charge in [0.1, 0.15) is 5.52 Å². The lowest BCUT2D eigenvalue weighted by molar-refractivity contribution is -0.128. The normalized spacial score (nSPS) is 22.2. The van der Waals surface area contributed by atoms with E-state index in [1.54, 1.807) is 0 Å². The summed E-state index contributed by atoms with van der Waals surface area (Å²) in [7, 11) is 0. The summed E-state index contributed by atoms with van der Waals surface area (Å²) in [6.07, 6.45) is 1.60. The van der Waals surface area contributed by atoms with Gasteiger partial charge in [0, 0.05) is 25.4 Å². The minimum atomic E-state index is 0.0891. The molecule has 0 saturated heterocycles. The Morgan fingerprint density at radius 1 is 1.53 bits per heavy atom. The van der Waals surface area contributed by atoms with Crippen LogP contribution in [0.1, 0.15) is 24.3 Å². The lowest BCUT2D eigenvalue weighted by Crippen LogP contribution is -2.44. The van der Waals surface area contributed by atoms with Crippen LogP contribution in [0.4, 0.5) is 0 Å². The van der Waals surface area contributed by atoms with Crippen LogP contribution >= 0.6 is 0 Å². The molecule has 2 aromatic rings. The molecule has 1 aromatic heterocycles. The predicted molar refractivity (Wildman–Crippen MR) is 71.3 cm³/mol. The van der Waals surface area contributed by atoms with Gasteiger partial charge in [0.15, 0.2) is 11.5 Å². The molecule has 3 N–H and O–H groups in total. The second-order valence-electron chi connectivity index (χ2n) is 5.18. The van der Waals surface area contributed by atoms with Crippen LogP contribution in [0.25, 0.3) is 11.1 Å². The molecule has 1 saturated carbocycles. The highest BCUT2D eigenvalue weighted by Gasteiger charge is 2.31. The second kappa shape index (κ2) is 4.66. The zero-order valence-electron chi connectivity index (χ0n) is 10.8. The van der Waals surface area contributed by atoms with Crippen LogP contribution < -0.4 is 11.1 Å². The molecule has 1 aliphatic rings. The van der Waals surface area contributed by atoms with Crippen molar-refractivity contribution in [3.63, 3.8) is 0 Å². The highest BCUT2D eigenvalue weighted by Crippen LogP contribution is 2.25. The van der Waals surface area contributed by atoms with Crippen molar-refractivity contribution >= 4 is 17.0 Å². The van der Waals surface area contributed by atoms with Crippen molar-refractivity contribution in [1.29, 1.82) is 0 Å². The molecule has 5 heteroatoms. The Balaban J connectivity index is 1.63. The zero-order valence-corrected chi connectivity index (χ0v) is 10.8. The Morgan fingerprint density at radius 3 is 3.05 bits per heavy atom. The van der Waals surface area contributed by atoms with Crippen LogP contribution in [0.2, 0.25) is 0 Å². The van der Waals surface area contributed by atoms with Crippen LogP contribution in [0.5, 0.6) is 0 Å². The molecule has 1 aromatic carbocycles. The molecule has 1 heterocycles. The topological polar surface area (TPSA) is 81.2 Å². The maximum atomic E-state index is 11.8. The third-order valence-electron chi connectivity index (χ3n) is 3.57. The summed E-state index contributed by atoms with van der Waals surface area (Å²) >= 11 is 0. The summed E-state index contributed by atoms with van der Waals surface area (Å²) in [6, 6.07) is 5.98. The second-order valence-corrected chi connectivity index (χ2v) is 5.18. The van der Waals surface area contributed by atoms with E-state index in [0.29, 0.717) is 12.4 Å². The fraction of sp³-hybridized carbons (Fsp3) is 0.429. The number of fused-ring (bicyclic) bond motifs is 1. The molecule has 0 unspecified atom stereocenters. The zero-order chi connectivity index (χ0) is 13.4. The Bertz CT molecular complexity index is 614. The largest absolute Gasteiger partial charge is 0.441 e. The molecular formula is C14H17N3O2. The van der Waals surface area contributed by atoms with Gasteiger partial charge in [-0.2, -0.15) is 0 Å². The lowest BCUT2D eigenvalue weighted by atomic mass is 9.80. The van der Waals surface area contributed by atoms with E-state index in [9.17, 15) is 4.79 Å². The summed E-state index contributed by atoms with van der Waals surface area (Å²) in [5, 5.41) is 2.94. The summed E-state index contributed by atoms with van der Waals surface area (Å²) in [5.74, 6) is 0.835. The first kappa shape index (κ1) is 12.2. The van der Waals surface area contributed by atoms with Crippen LogP contribution in [0.3, 0.4) is 0 Å². The van der Waals surface area contributed by atoms with Crippen LogP contribution in [0.15, 0.2) is 22.6 Å². The molecular weight excluding hydrogens is 242 g/mol. The van der Waals surface area contributed by atoms with E-state index < -0.39 is 0 Å². The van der Waals surface area contributed by atoms with E-state index in [-0.39, 0.29) is 17.9 Å². The van der Waals surface area contributed by atoms with Crippen LogP contribution in [-0.2, 0) is 11.3 Å². The Kier molecular flexibility index (Phi) is 2.98. The fourth-order valence-corrected chi connectivity index (χ4v) is 2.40. The standard InChI is InChI=1S/C14H17N3O2/c1-8-17-12-3-2-9(4-13(12)19-8)7-16-14(18)10-5-11(15)6-10/h2-4,10-11H,5-7,15H2,1H3,(H,16,18). The molecule has 5 nitrogen and oxygen atoms in total. The van der Waals surface area contributed by atoms with E-state index in [2.05, 4.69) is 10.3 Å². The quantitative estimate of drug-likeness (QED) is 0.875. The van der Waals surface area contributed by atoms with Gasteiger partial charge in [0.05, 0.1) is 0 Å². The number of hydrogen-bond donors (Lipinski definition) is 2. The van der Waals surface area contributed by atoms with Crippen molar-refractivity contribution < 1.29 is 9.21 Å². The average molecular weight is 259 g/mol. The molecule has 1 aliphatic carbocycles. The van der Waals surface area contributed by atoms with E-state index >= 15 is 0 Å². The molecule has 100 valence electrons. The number of nitrogens with zero attached hydrogens (tertiary/aromatic N) is 1. The lowest BCUT2D eigenvalue weighted by Gasteiger charge is -2.31. The number of aromatic nitrogens is 1. The predicted octanol–water partition coefficient (Wildman–Crippen LogP) is 1.49. The van der Waals surface area contributed by atoms with Gasteiger partial charge in [-0.3, -0.25) is 4.79 Å². The van der Waals surface area contributed by atoms with E-state index in [1.807, 2.05) is 25.1 Å². The maximum absolute atomic E-state index is 11.8. The smallest absolute Gasteiger partial charge is 0.223 e. The highest BCUT2D eigenvalue weighted by molar-refractivity contribution is 5.80. The van der Waals surface area contributed by atoms with Crippen LogP contribution in [-0.4, -0.2) is 16.9 Å². The molecule has 0 radical (unpaired) electrons. The van der Waals surface area contributed by atoms with Crippen molar-refractivity contribution in [1.82, 2.24) is 10.3 Å². The number of carbonyl (C=O) groups excluding carboxylic acids is 1. The first-order valence-electron chi connectivity index (χ1n) is 6.51. The van der Waals surface area contributed by atoms with E-state index in [0.717, 1.165) is 29.5 Å². The van der Waals surface area contributed by atoms with Gasteiger partial charge < -0.3 is 15.5 Å². The van der Waals surface area contributed by atoms with Gasteiger partial charge in [-0.05, 0) is 30.5 Å². The number of nitrogens with one attached hydrogen (secondary N) is 1. The number of oxazole rings is 1. The number of amides is 1. The Morgan fingerprint density at radius 2 is 2.32 bits per heavy atom. The number of benzene rings is 1. The van der Waals surface area contributed by atoms with Gasteiger partial charge in [0.2, 0.25) is 5.91 Å². The number of hydrogen-bond acceptors (Lipinski definition) is 4. The number of carbonyl (C=O) groups is 1. The molecule has 1 fully saturated rings. The monoisotopic (exact) mass is 259 g/mol. The molecule has 3 rings (SSSR count). The SMILES string of the molecule is Cc1nc2ccc(CNC(=O)C3CC(N)C3)cc2o1. The van der Waals surface area contributed by atoms with Gasteiger partial charge in [-0.25, -0.2) is 4.98 Å². The molecule has 19 heavy (non-hydrogen) atoms. The Hall–Kier alpha value is -1.88. The number of aryl methyl sites for hydroxylation is 1. The summed E-state index contributed by atoms with van der Waals surface area (Å²) in [5.41, 5.74) is 8.30. The minimum absolute atomic E-state index is 0.0891. The number of rotatable bonds is 3. The van der Waals surface area contributed by atoms with Gasteiger partial charge in [-0.1, -0.05) is 6.07 Å². The molecule has 0 atom stereocenters. The third-order valence-corrected chi connectivity index (χ3v) is 3.57. The highest BCUT2D eigenvalue weighted by atomic mass is 16.3. The van der Waals surface area contributed by atoms with Crippen molar-refractivity contribution in [3.8, 4) is 0 Å². The molecule has 0 aliphatic heterocycles. The fourth-order valence-electron chi connectivity index (χ4n) is 2.40. The van der Waals surface area contributed by atoms with Gasteiger partial charge >= 0.3 is 0 Å². The number of nitrogens with two attached hydrogens (primary N) is 1. The molecule has 0 bridgehead atoms. The first-order chi connectivity index (χ1) is 9.11. The van der Waals surface area contributed by atoms with Gasteiger partial charge in [-0.15, -0.1) is 0 Å². The summed E-state index contributed by atoms with van der Waals surface area (Å²) in [4.78, 5) is 16.0. The summed E-state index contributed by atoms with van der Waals surface area (Å²) in [6.45, 7) is 2.33. The van der Waals surface area contributed by atoms with E-state index in [1.165, 1.54) is 0 Å². The van der Waals surface area contributed by atoms with Crippen molar-refractivity contribution in [2.75, 3.05) is 0 Å². The first-order valence-corrected chi connectivity index (χ1v) is 6.51. The van der Waals surface area contributed by atoms with Gasteiger partial charge in [0.25, 0.3) is 0 Å². The summed E-state index contributed by atoms with van der Waals surface area (Å²) < 4.78 is 5.47. The third kappa shape index (κ3) is 2.46. The van der Waals surface area contributed by atoms with Crippen molar-refractivity contribution in [3.05, 3.63) is 29.7 Å². The molecule has 0 spiro atoms. The van der Waals surface area contributed by atoms with Crippen molar-refractivity contribution in [2.24, 2.45) is 11.7 Å².